The highest BCUT2D eigenvalue weighted by Gasteiger charge is 2.49. The van der Waals surface area contributed by atoms with Crippen LogP contribution in [0, 0.1) is 0 Å². The molecule has 0 bridgehead atoms. The molecule has 0 spiro atoms. The molecule has 1 N–H and O–H groups in total. The van der Waals surface area contributed by atoms with Gasteiger partial charge in [0.2, 0.25) is 0 Å². The number of ether oxygens (including phenoxy) is 1. The van der Waals surface area contributed by atoms with Crippen molar-refractivity contribution < 1.29 is 17.9 Å². The average Bonchev–Trinajstić information content (AvgIpc) is 2.79. The molecule has 2 fully saturated rings. The van der Waals surface area contributed by atoms with Crippen LogP contribution in [0.2, 0.25) is 0 Å². The number of hydrogen-bond donors (Lipinski definition) is 1. The molecule has 19 heavy (non-hydrogen) atoms. The lowest BCUT2D eigenvalue weighted by molar-refractivity contribution is 0.251. The first-order valence-electron chi connectivity index (χ1n) is 5.94. The van der Waals surface area contributed by atoms with Crippen molar-refractivity contribution in [3.8, 4) is 5.75 Å². The largest absolute Gasteiger partial charge is 0.497 e. The molecule has 0 unspecified atom stereocenters. The van der Waals surface area contributed by atoms with Crippen LogP contribution < -0.4 is 15.0 Å². The predicted octanol–water partition coefficient (Wildman–Crippen LogP) is 0.390. The number of carbonyl (C=O) groups excluding carboxylic acids is 1. The van der Waals surface area contributed by atoms with Crippen LogP contribution in [0.1, 0.15) is 0 Å². The molecule has 3 rings (SSSR count). The van der Waals surface area contributed by atoms with Gasteiger partial charge in [-0.2, -0.15) is 0 Å². The Morgan fingerprint density at radius 2 is 2.16 bits per heavy atom. The van der Waals surface area contributed by atoms with Crippen molar-refractivity contribution in [1.82, 2.24) is 5.32 Å². The SMILES string of the molecule is COc1cccc(N2C(=O)N[C@H]3CS(=O)(=O)C[C@@H]32)c1. The number of rotatable bonds is 2. The summed E-state index contributed by atoms with van der Waals surface area (Å²) < 4.78 is 28.4. The highest BCUT2D eigenvalue weighted by atomic mass is 32.2. The van der Waals surface area contributed by atoms with Gasteiger partial charge >= 0.3 is 6.03 Å². The standard InChI is InChI=1S/C12H14N2O4S/c1-18-9-4-2-3-8(5-9)14-11-7-19(16,17)6-10(11)13-12(14)15/h2-5,10-11H,6-7H2,1H3,(H,13,15)/t10-,11-/m0/s1. The molecular formula is C12H14N2O4S. The second-order valence-corrected chi connectivity index (χ2v) is 6.93. The Morgan fingerprint density at radius 3 is 2.89 bits per heavy atom. The fraction of sp³-hybridized carbons (Fsp3) is 0.417. The lowest BCUT2D eigenvalue weighted by Gasteiger charge is -2.21. The van der Waals surface area contributed by atoms with Gasteiger partial charge < -0.3 is 10.1 Å². The van der Waals surface area contributed by atoms with E-state index in [1.54, 1.807) is 31.4 Å². The van der Waals surface area contributed by atoms with Gasteiger partial charge in [0.15, 0.2) is 9.84 Å². The van der Waals surface area contributed by atoms with Crippen LogP contribution in [-0.4, -0.2) is 45.1 Å². The van der Waals surface area contributed by atoms with Gasteiger partial charge in [0.25, 0.3) is 0 Å². The van der Waals surface area contributed by atoms with Crippen LogP contribution >= 0.6 is 0 Å². The fourth-order valence-corrected chi connectivity index (χ4v) is 4.56. The third kappa shape index (κ3) is 2.03. The van der Waals surface area contributed by atoms with E-state index >= 15 is 0 Å². The fourth-order valence-electron chi connectivity index (χ4n) is 2.67. The molecule has 2 saturated heterocycles. The van der Waals surface area contributed by atoms with Crippen LogP contribution in [0.15, 0.2) is 24.3 Å². The molecule has 0 radical (unpaired) electrons. The first-order valence-corrected chi connectivity index (χ1v) is 7.76. The van der Waals surface area contributed by atoms with Gasteiger partial charge in [-0.25, -0.2) is 13.2 Å². The number of amides is 2. The molecule has 102 valence electrons. The smallest absolute Gasteiger partial charge is 0.322 e. The zero-order chi connectivity index (χ0) is 13.6. The Hall–Kier alpha value is -1.76. The molecule has 0 aromatic heterocycles. The predicted molar refractivity (Wildman–Crippen MR) is 70.2 cm³/mol. The topological polar surface area (TPSA) is 75.7 Å². The van der Waals surface area contributed by atoms with Crippen LogP contribution in [0.25, 0.3) is 0 Å². The number of urea groups is 1. The van der Waals surface area contributed by atoms with Gasteiger partial charge in [0.1, 0.15) is 5.75 Å². The summed E-state index contributed by atoms with van der Waals surface area (Å²) >= 11 is 0. The first-order chi connectivity index (χ1) is 9.00. The summed E-state index contributed by atoms with van der Waals surface area (Å²) in [6, 6.07) is 6.16. The highest BCUT2D eigenvalue weighted by Crippen LogP contribution is 2.31. The van der Waals surface area contributed by atoms with Gasteiger partial charge in [0.05, 0.1) is 30.7 Å². The lowest BCUT2D eigenvalue weighted by Crippen LogP contribution is -2.36. The second-order valence-electron chi connectivity index (χ2n) is 4.77. The van der Waals surface area contributed by atoms with Crippen molar-refractivity contribution >= 4 is 21.6 Å². The van der Waals surface area contributed by atoms with Gasteiger partial charge in [-0.05, 0) is 12.1 Å². The molecule has 6 nitrogen and oxygen atoms in total. The highest BCUT2D eigenvalue weighted by molar-refractivity contribution is 7.91. The minimum absolute atomic E-state index is 0.00756. The van der Waals surface area contributed by atoms with Crippen molar-refractivity contribution in [1.29, 1.82) is 0 Å². The third-order valence-corrected chi connectivity index (χ3v) is 5.23. The first kappa shape index (κ1) is 12.3. The van der Waals surface area contributed by atoms with Crippen LogP contribution in [0.5, 0.6) is 5.75 Å². The maximum Gasteiger partial charge on any atom is 0.322 e. The van der Waals surface area contributed by atoms with Gasteiger partial charge in [-0.1, -0.05) is 6.07 Å². The van der Waals surface area contributed by atoms with Crippen molar-refractivity contribution in [2.75, 3.05) is 23.5 Å². The number of carbonyl (C=O) groups is 1. The van der Waals surface area contributed by atoms with E-state index in [9.17, 15) is 13.2 Å². The lowest BCUT2D eigenvalue weighted by atomic mass is 10.1. The number of fused-ring (bicyclic) bond motifs is 1. The van der Waals surface area contributed by atoms with E-state index in [1.165, 1.54) is 4.90 Å². The summed E-state index contributed by atoms with van der Waals surface area (Å²) in [5, 5.41) is 2.72. The number of hydrogen-bond acceptors (Lipinski definition) is 4. The monoisotopic (exact) mass is 282 g/mol. The van der Waals surface area contributed by atoms with Gasteiger partial charge in [0, 0.05) is 11.8 Å². The van der Waals surface area contributed by atoms with E-state index in [1.807, 2.05) is 0 Å². The summed E-state index contributed by atoms with van der Waals surface area (Å²) in [6.45, 7) is 0. The Balaban J connectivity index is 1.97. The van der Waals surface area contributed by atoms with Crippen molar-refractivity contribution in [2.24, 2.45) is 0 Å². The summed E-state index contributed by atoms with van der Waals surface area (Å²) in [4.78, 5) is 13.5. The van der Waals surface area contributed by atoms with Crippen molar-refractivity contribution in [2.45, 2.75) is 12.1 Å². The van der Waals surface area contributed by atoms with Crippen LogP contribution in [0.4, 0.5) is 10.5 Å². The number of sulfone groups is 1. The number of nitrogens with zero attached hydrogens (tertiary/aromatic N) is 1. The van der Waals surface area contributed by atoms with E-state index in [4.69, 9.17) is 4.74 Å². The maximum absolute atomic E-state index is 12.0. The molecule has 2 heterocycles. The van der Waals surface area contributed by atoms with Crippen molar-refractivity contribution in [3.05, 3.63) is 24.3 Å². The minimum Gasteiger partial charge on any atom is -0.497 e. The van der Waals surface area contributed by atoms with Gasteiger partial charge in [-0.15, -0.1) is 0 Å². The van der Waals surface area contributed by atoms with E-state index in [0.29, 0.717) is 11.4 Å². The third-order valence-electron chi connectivity index (χ3n) is 3.51. The molecule has 2 atom stereocenters. The van der Waals surface area contributed by atoms with E-state index < -0.39 is 9.84 Å². The number of anilines is 1. The average molecular weight is 282 g/mol. The Kier molecular flexibility index (Phi) is 2.67. The number of methoxy groups -OCH3 is 1. The molecular weight excluding hydrogens is 268 g/mol. The molecule has 0 saturated carbocycles. The quantitative estimate of drug-likeness (QED) is 0.796. The van der Waals surface area contributed by atoms with E-state index in [-0.39, 0.29) is 29.6 Å². The van der Waals surface area contributed by atoms with Crippen LogP contribution in [0.3, 0.4) is 0 Å². The number of benzene rings is 1. The Bertz CT molecular complexity index is 628. The van der Waals surface area contributed by atoms with E-state index in [2.05, 4.69) is 5.32 Å². The summed E-state index contributed by atoms with van der Waals surface area (Å²) in [6.07, 6.45) is 0. The second kappa shape index (κ2) is 4.12. The molecule has 2 aliphatic heterocycles. The molecule has 1 aromatic carbocycles. The summed E-state index contributed by atoms with van der Waals surface area (Å²) in [5.74, 6) is 0.659. The Labute approximate surface area is 111 Å². The van der Waals surface area contributed by atoms with Gasteiger partial charge in [-0.3, -0.25) is 4.90 Å². The molecule has 1 aromatic rings. The normalized spacial score (nSPS) is 28.1. The minimum atomic E-state index is -3.07. The zero-order valence-electron chi connectivity index (χ0n) is 10.4. The zero-order valence-corrected chi connectivity index (χ0v) is 11.2. The summed E-state index contributed by atoms with van der Waals surface area (Å²) in [5.41, 5.74) is 0.654. The molecule has 2 amide bonds. The Morgan fingerprint density at radius 1 is 1.37 bits per heavy atom. The molecule has 0 aliphatic carbocycles. The number of nitrogens with one attached hydrogen (secondary N) is 1. The van der Waals surface area contributed by atoms with Crippen molar-refractivity contribution in [3.63, 3.8) is 0 Å². The summed E-state index contributed by atoms with van der Waals surface area (Å²) in [7, 11) is -1.53. The van der Waals surface area contributed by atoms with E-state index in [0.717, 1.165) is 0 Å². The van der Waals surface area contributed by atoms with Crippen LogP contribution in [-0.2, 0) is 9.84 Å². The molecule has 2 aliphatic rings. The maximum atomic E-state index is 12.0. The molecule has 7 heteroatoms.